The van der Waals surface area contributed by atoms with Gasteiger partial charge in [-0.3, -0.25) is 13.1 Å². The Balaban J connectivity index is 1.13. The maximum atomic E-state index is 12.6. The van der Waals surface area contributed by atoms with E-state index in [4.69, 9.17) is 45.8 Å². The van der Waals surface area contributed by atoms with E-state index < -0.39 is 32.8 Å². The number of halogens is 2. The van der Waals surface area contributed by atoms with Gasteiger partial charge in [-0.15, -0.1) is 0 Å². The van der Waals surface area contributed by atoms with Crippen molar-refractivity contribution in [3.05, 3.63) is 116 Å². The van der Waals surface area contributed by atoms with Gasteiger partial charge in [0.1, 0.15) is 11.5 Å². The van der Waals surface area contributed by atoms with E-state index in [2.05, 4.69) is 0 Å². The Hall–Kier alpha value is -3.16. The minimum Gasteiger partial charge on any atom is -0.459 e. The summed E-state index contributed by atoms with van der Waals surface area (Å²) in [6, 6.07) is 19.9. The molecule has 0 amide bonds. The summed E-state index contributed by atoms with van der Waals surface area (Å²) in [5, 5.41) is 0.880. The normalized spacial score (nSPS) is 16.9. The number of hydrogen-bond donors (Lipinski definition) is 0. The summed E-state index contributed by atoms with van der Waals surface area (Å²) in [5.74, 6) is 1.08. The van der Waals surface area contributed by atoms with Crippen molar-refractivity contribution in [2.24, 2.45) is 0 Å². The molecular weight excluding hydrogens is 687 g/mol. The molecule has 9 nitrogen and oxygen atoms in total. The fourth-order valence-corrected chi connectivity index (χ4v) is 7.80. The fourth-order valence-electron chi connectivity index (χ4n) is 5.42. The van der Waals surface area contributed by atoms with E-state index in [1.807, 2.05) is 13.8 Å². The summed E-state index contributed by atoms with van der Waals surface area (Å²) >= 11 is 13.0. The Morgan fingerprint density at radius 2 is 1.00 bits per heavy atom. The van der Waals surface area contributed by atoms with E-state index in [1.54, 1.807) is 48.5 Å². The van der Waals surface area contributed by atoms with Crippen LogP contribution in [0.25, 0.3) is 0 Å². The maximum absolute atomic E-state index is 12.6. The second-order valence-corrected chi connectivity index (χ2v) is 15.5. The van der Waals surface area contributed by atoms with Gasteiger partial charge < -0.3 is 9.47 Å². The summed E-state index contributed by atoms with van der Waals surface area (Å²) in [6.07, 6.45) is -0.0514. The molecule has 4 aromatic rings. The first-order chi connectivity index (χ1) is 22.4. The van der Waals surface area contributed by atoms with E-state index in [0.717, 1.165) is 22.3 Å². The third-order valence-electron chi connectivity index (χ3n) is 7.80. The molecular formula is C34H32Cl2O9S2. The monoisotopic (exact) mass is 718 g/mol. The molecule has 4 aromatic carbocycles. The van der Waals surface area contributed by atoms with Crippen molar-refractivity contribution in [1.29, 1.82) is 0 Å². The van der Waals surface area contributed by atoms with E-state index >= 15 is 0 Å². The fraction of sp³-hybridized carbons (Fsp3) is 0.294. The molecule has 0 saturated carbocycles. The van der Waals surface area contributed by atoms with Crippen LogP contribution in [0, 0.1) is 13.8 Å². The Morgan fingerprint density at radius 3 is 1.38 bits per heavy atom. The van der Waals surface area contributed by atoms with Crippen LogP contribution in [0.15, 0.2) is 82.6 Å². The predicted octanol–water partition coefficient (Wildman–Crippen LogP) is 7.79. The van der Waals surface area contributed by atoms with Crippen LogP contribution in [0.2, 0.25) is 10.0 Å². The zero-order valence-corrected chi connectivity index (χ0v) is 28.7. The first-order valence-electron chi connectivity index (χ1n) is 15.0. The smallest absolute Gasteiger partial charge is 0.296 e. The van der Waals surface area contributed by atoms with Crippen molar-refractivity contribution in [3.63, 3.8) is 0 Å². The molecule has 0 radical (unpaired) electrons. The van der Waals surface area contributed by atoms with Crippen LogP contribution in [0.4, 0.5) is 0 Å². The molecule has 2 unspecified atom stereocenters. The average molecular weight is 720 g/mol. The third-order valence-corrected chi connectivity index (χ3v) is 10.9. The molecule has 2 atom stereocenters. The number of benzene rings is 4. The second kappa shape index (κ2) is 13.8. The largest absolute Gasteiger partial charge is 0.459 e. The molecule has 2 aliphatic rings. The lowest BCUT2D eigenvalue weighted by molar-refractivity contribution is -0.228. The van der Waals surface area contributed by atoms with Crippen LogP contribution >= 0.6 is 23.2 Å². The van der Waals surface area contributed by atoms with E-state index in [0.29, 0.717) is 58.4 Å². The van der Waals surface area contributed by atoms with Crippen molar-refractivity contribution in [2.75, 3.05) is 13.2 Å². The van der Waals surface area contributed by atoms with Crippen molar-refractivity contribution in [2.45, 2.75) is 61.9 Å². The molecule has 47 heavy (non-hydrogen) atoms. The van der Waals surface area contributed by atoms with Crippen molar-refractivity contribution >= 4 is 43.4 Å². The lowest BCUT2D eigenvalue weighted by atomic mass is 9.99. The van der Waals surface area contributed by atoms with E-state index in [9.17, 15) is 16.8 Å². The van der Waals surface area contributed by atoms with Crippen LogP contribution in [0.3, 0.4) is 0 Å². The average Bonchev–Trinajstić information content (AvgIpc) is 3.02. The minimum absolute atomic E-state index is 0.0326. The van der Waals surface area contributed by atoms with Crippen LogP contribution < -0.4 is 9.47 Å². The van der Waals surface area contributed by atoms with Gasteiger partial charge in [-0.2, -0.15) is 16.8 Å². The number of ether oxygens (including phenoxy) is 3. The lowest BCUT2D eigenvalue weighted by Gasteiger charge is -2.39. The molecule has 248 valence electrons. The molecule has 2 heterocycles. The predicted molar refractivity (Wildman–Crippen MR) is 176 cm³/mol. The number of fused-ring (bicyclic) bond motifs is 6. The van der Waals surface area contributed by atoms with Gasteiger partial charge in [-0.05, 0) is 99.2 Å². The summed E-state index contributed by atoms with van der Waals surface area (Å²) in [7, 11) is -7.78. The van der Waals surface area contributed by atoms with Crippen molar-refractivity contribution < 1.29 is 39.4 Å². The Kier molecular flexibility index (Phi) is 9.87. The zero-order valence-electron chi connectivity index (χ0n) is 25.6. The summed E-state index contributed by atoms with van der Waals surface area (Å²) in [5.41, 5.74) is 4.59. The highest BCUT2D eigenvalue weighted by Gasteiger charge is 2.40. The highest BCUT2D eigenvalue weighted by Crippen LogP contribution is 2.51. The molecule has 0 fully saturated rings. The number of aryl methyl sites for hydroxylation is 4. The van der Waals surface area contributed by atoms with E-state index in [1.165, 1.54) is 24.3 Å². The third kappa shape index (κ3) is 7.62. The van der Waals surface area contributed by atoms with Gasteiger partial charge in [0.2, 0.25) is 12.6 Å². The summed E-state index contributed by atoms with van der Waals surface area (Å²) in [4.78, 5) is 0.204. The quantitative estimate of drug-likeness (QED) is 0.107. The van der Waals surface area contributed by atoms with Gasteiger partial charge >= 0.3 is 0 Å². The van der Waals surface area contributed by atoms with Gasteiger partial charge in [0.25, 0.3) is 20.2 Å². The van der Waals surface area contributed by atoms with Crippen molar-refractivity contribution in [1.82, 2.24) is 0 Å². The SMILES string of the molecule is Cc1ccc(S(=O)(=O)OCCCc2cc(Cl)cc3c2OC2OC3Oc3c(CCCOS(=O)(=O)c4ccc(C)cc4)cc(Cl)cc32)cc1. The van der Waals surface area contributed by atoms with Gasteiger partial charge in [0, 0.05) is 10.0 Å². The highest BCUT2D eigenvalue weighted by molar-refractivity contribution is 7.87. The van der Waals surface area contributed by atoms with Gasteiger partial charge in [0.05, 0.1) is 34.1 Å². The molecule has 2 bridgehead atoms. The Morgan fingerprint density at radius 1 is 0.617 bits per heavy atom. The van der Waals surface area contributed by atoms with E-state index in [-0.39, 0.29) is 23.0 Å². The topological polar surface area (TPSA) is 114 Å². The molecule has 0 saturated heterocycles. The molecule has 0 N–H and O–H groups in total. The lowest BCUT2D eigenvalue weighted by Crippen LogP contribution is -2.31. The standard InChI is InChI=1S/C34H32Cl2O9S2/c1-21-7-11-27(12-8-21)46(37,38)41-15-3-5-23-17-25(35)19-29-31(23)43-34-30-20-26(36)18-24(32(30)44-33(29)45-34)6-4-16-42-47(39,40)28-13-9-22(2)10-14-28/h7-14,17-20,33-34H,3-6,15-16H2,1-2H3. The van der Waals surface area contributed by atoms with Crippen LogP contribution in [-0.2, 0) is 46.2 Å². The molecule has 0 aliphatic carbocycles. The van der Waals surface area contributed by atoms with Gasteiger partial charge in [-0.25, -0.2) is 0 Å². The molecule has 0 aromatic heterocycles. The Labute approximate surface area is 284 Å². The number of hydrogen-bond acceptors (Lipinski definition) is 9. The zero-order chi connectivity index (χ0) is 33.3. The van der Waals surface area contributed by atoms with Gasteiger partial charge in [-0.1, -0.05) is 58.6 Å². The minimum atomic E-state index is -3.89. The van der Waals surface area contributed by atoms with Crippen molar-refractivity contribution in [3.8, 4) is 11.5 Å². The van der Waals surface area contributed by atoms with Crippen LogP contribution in [0.1, 0.15) is 58.8 Å². The van der Waals surface area contributed by atoms with Crippen LogP contribution in [0.5, 0.6) is 11.5 Å². The first-order valence-corrected chi connectivity index (χ1v) is 18.5. The highest BCUT2D eigenvalue weighted by atomic mass is 35.5. The molecule has 13 heteroatoms. The molecule has 0 spiro atoms. The second-order valence-electron chi connectivity index (χ2n) is 11.4. The summed E-state index contributed by atoms with van der Waals surface area (Å²) < 4.78 is 79.7. The first kappa shape index (κ1) is 33.7. The molecule has 2 aliphatic heterocycles. The summed E-state index contributed by atoms with van der Waals surface area (Å²) in [6.45, 7) is 3.69. The van der Waals surface area contributed by atoms with Gasteiger partial charge in [0.15, 0.2) is 0 Å². The number of rotatable bonds is 12. The van der Waals surface area contributed by atoms with Crippen LogP contribution in [-0.4, -0.2) is 30.0 Å². The Bertz CT molecular complexity index is 1850. The molecule has 6 rings (SSSR count). The maximum Gasteiger partial charge on any atom is 0.296 e.